The van der Waals surface area contributed by atoms with Gasteiger partial charge < -0.3 is 15.3 Å². The average Bonchev–Trinajstić information content (AvgIpc) is 2.98. The molecule has 10 heteroatoms. The van der Waals surface area contributed by atoms with E-state index < -0.39 is 61.2 Å². The smallest absolute Gasteiger partial charge is 0.394 e. The number of rotatable bonds is 4. The zero-order valence-corrected chi connectivity index (χ0v) is 12.7. The van der Waals surface area contributed by atoms with E-state index in [-0.39, 0.29) is 5.56 Å². The molecule has 2 rings (SSSR count). The lowest BCUT2D eigenvalue weighted by molar-refractivity contribution is -0.188. The van der Waals surface area contributed by atoms with Gasteiger partial charge in [0.25, 0.3) is 5.91 Å². The summed E-state index contributed by atoms with van der Waals surface area (Å²) in [7, 11) is 0. The molecule has 2 amide bonds. The Balaban J connectivity index is 1.97. The molecule has 2 N–H and O–H groups in total. The maximum Gasteiger partial charge on any atom is 0.394 e. The number of nitrogens with zero attached hydrogens (tertiary/aromatic N) is 1. The third-order valence-electron chi connectivity index (χ3n) is 3.90. The van der Waals surface area contributed by atoms with Crippen molar-refractivity contribution in [3.8, 4) is 0 Å². The summed E-state index contributed by atoms with van der Waals surface area (Å²) in [5, 5.41) is 11.1. The number of aliphatic carboxylic acids is 1. The van der Waals surface area contributed by atoms with Crippen LogP contribution in [-0.2, 0) is 9.59 Å². The SMILES string of the molecule is O=C(NCC(=O)N1C[C@@H](C(F)(F)F)[C@H](C(=O)O)C1)c1cccc(F)c1. The highest BCUT2D eigenvalue weighted by atomic mass is 19.4. The fraction of sp³-hybridized carbons (Fsp3) is 0.400. The molecule has 0 bridgehead atoms. The minimum Gasteiger partial charge on any atom is -0.481 e. The standard InChI is InChI=1S/C15H14F4N2O4/c16-9-3-1-2-8(4-9)13(23)20-5-12(22)21-6-10(14(24)25)11(7-21)15(17,18)19/h1-4,10-11H,5-7H2,(H,20,23)(H,24,25)/t10-,11-/m1/s1. The van der Waals surface area contributed by atoms with Crippen LogP contribution in [0.3, 0.4) is 0 Å². The summed E-state index contributed by atoms with van der Waals surface area (Å²) >= 11 is 0. The second-order valence-corrected chi connectivity index (χ2v) is 5.58. The van der Waals surface area contributed by atoms with Crippen molar-refractivity contribution in [2.45, 2.75) is 6.18 Å². The summed E-state index contributed by atoms with van der Waals surface area (Å²) in [6.07, 6.45) is -4.75. The number of carboxylic acids is 1. The Morgan fingerprint density at radius 3 is 2.44 bits per heavy atom. The molecule has 136 valence electrons. The Labute approximate surface area is 139 Å². The predicted molar refractivity (Wildman–Crippen MR) is 76.0 cm³/mol. The number of alkyl halides is 3. The van der Waals surface area contributed by atoms with E-state index in [4.69, 9.17) is 5.11 Å². The molecule has 1 aromatic carbocycles. The van der Waals surface area contributed by atoms with Gasteiger partial charge in [-0.2, -0.15) is 13.2 Å². The lowest BCUT2D eigenvalue weighted by Gasteiger charge is -2.18. The molecule has 0 saturated carbocycles. The van der Waals surface area contributed by atoms with Gasteiger partial charge in [0.05, 0.1) is 18.4 Å². The zero-order chi connectivity index (χ0) is 18.8. The van der Waals surface area contributed by atoms with Crippen LogP contribution < -0.4 is 5.32 Å². The van der Waals surface area contributed by atoms with Crippen molar-refractivity contribution in [2.75, 3.05) is 19.6 Å². The lowest BCUT2D eigenvalue weighted by atomic mass is 9.96. The molecule has 25 heavy (non-hydrogen) atoms. The highest BCUT2D eigenvalue weighted by Crippen LogP contribution is 2.37. The van der Waals surface area contributed by atoms with Crippen molar-refractivity contribution >= 4 is 17.8 Å². The molecule has 1 aromatic rings. The minimum atomic E-state index is -4.75. The van der Waals surface area contributed by atoms with Crippen molar-refractivity contribution in [2.24, 2.45) is 11.8 Å². The minimum absolute atomic E-state index is 0.0502. The number of nitrogens with one attached hydrogen (secondary N) is 1. The molecule has 1 aliphatic rings. The van der Waals surface area contributed by atoms with Crippen LogP contribution >= 0.6 is 0 Å². The van der Waals surface area contributed by atoms with Crippen LogP contribution in [0.25, 0.3) is 0 Å². The molecular formula is C15H14F4N2O4. The Morgan fingerprint density at radius 1 is 1.24 bits per heavy atom. The first kappa shape index (κ1) is 18.7. The third-order valence-corrected chi connectivity index (χ3v) is 3.90. The van der Waals surface area contributed by atoms with Crippen LogP contribution in [0.2, 0.25) is 0 Å². The van der Waals surface area contributed by atoms with E-state index in [1.165, 1.54) is 12.1 Å². The summed E-state index contributed by atoms with van der Waals surface area (Å²) in [6.45, 7) is -1.99. The van der Waals surface area contributed by atoms with Gasteiger partial charge in [0.1, 0.15) is 5.82 Å². The van der Waals surface area contributed by atoms with E-state index in [1.807, 2.05) is 0 Å². The number of carbonyl (C=O) groups excluding carboxylic acids is 2. The van der Waals surface area contributed by atoms with Crippen LogP contribution in [0.1, 0.15) is 10.4 Å². The molecule has 0 unspecified atom stereocenters. The van der Waals surface area contributed by atoms with Gasteiger partial charge in [-0.1, -0.05) is 6.07 Å². The molecule has 1 heterocycles. The van der Waals surface area contributed by atoms with E-state index in [9.17, 15) is 31.9 Å². The molecule has 6 nitrogen and oxygen atoms in total. The molecule has 2 atom stereocenters. The summed E-state index contributed by atoms with van der Waals surface area (Å²) in [6, 6.07) is 4.65. The first-order valence-electron chi connectivity index (χ1n) is 7.20. The maximum atomic E-state index is 13.0. The number of halogens is 4. The number of amides is 2. The molecule has 0 radical (unpaired) electrons. The normalized spacial score (nSPS) is 20.4. The molecule has 1 saturated heterocycles. The Hall–Kier alpha value is -2.65. The van der Waals surface area contributed by atoms with Gasteiger partial charge in [-0.3, -0.25) is 14.4 Å². The molecular weight excluding hydrogens is 348 g/mol. The quantitative estimate of drug-likeness (QED) is 0.790. The van der Waals surface area contributed by atoms with Gasteiger partial charge in [-0.25, -0.2) is 4.39 Å². The number of likely N-dealkylation sites (tertiary alicyclic amines) is 1. The highest BCUT2D eigenvalue weighted by molar-refractivity contribution is 5.96. The van der Waals surface area contributed by atoms with Gasteiger partial charge >= 0.3 is 12.1 Å². The number of carboxylic acid groups (broad SMARTS) is 1. The van der Waals surface area contributed by atoms with Gasteiger partial charge in [0.2, 0.25) is 5.91 Å². The van der Waals surface area contributed by atoms with Crippen molar-refractivity contribution in [1.82, 2.24) is 10.2 Å². The lowest BCUT2D eigenvalue weighted by Crippen LogP contribution is -2.40. The summed E-state index contributed by atoms with van der Waals surface area (Å²) in [5.74, 6) is -7.81. The van der Waals surface area contributed by atoms with Gasteiger partial charge in [0, 0.05) is 18.7 Å². The van der Waals surface area contributed by atoms with E-state index in [1.54, 1.807) is 0 Å². The number of carbonyl (C=O) groups is 3. The molecule has 0 aromatic heterocycles. The van der Waals surface area contributed by atoms with E-state index in [0.717, 1.165) is 17.0 Å². The average molecular weight is 362 g/mol. The fourth-order valence-electron chi connectivity index (χ4n) is 2.59. The summed E-state index contributed by atoms with van der Waals surface area (Å²) < 4.78 is 51.7. The van der Waals surface area contributed by atoms with Crippen LogP contribution in [0.5, 0.6) is 0 Å². The second-order valence-electron chi connectivity index (χ2n) is 5.58. The van der Waals surface area contributed by atoms with E-state index in [0.29, 0.717) is 0 Å². The van der Waals surface area contributed by atoms with Crippen LogP contribution in [-0.4, -0.2) is 53.6 Å². The molecule has 0 spiro atoms. The molecule has 0 aliphatic carbocycles. The number of hydrogen-bond donors (Lipinski definition) is 2. The van der Waals surface area contributed by atoms with Crippen LogP contribution in [0, 0.1) is 17.7 Å². The Kier molecular flexibility index (Phi) is 5.29. The Bertz CT molecular complexity index is 692. The van der Waals surface area contributed by atoms with Crippen molar-refractivity contribution < 1.29 is 37.1 Å². The third kappa shape index (κ3) is 4.46. The van der Waals surface area contributed by atoms with E-state index >= 15 is 0 Å². The molecule has 1 aliphatic heterocycles. The topological polar surface area (TPSA) is 86.7 Å². The van der Waals surface area contributed by atoms with Crippen molar-refractivity contribution in [3.63, 3.8) is 0 Å². The van der Waals surface area contributed by atoms with Crippen LogP contribution in [0.15, 0.2) is 24.3 Å². The highest BCUT2D eigenvalue weighted by Gasteiger charge is 2.53. The number of benzene rings is 1. The molecule has 1 fully saturated rings. The monoisotopic (exact) mass is 362 g/mol. The fourth-order valence-corrected chi connectivity index (χ4v) is 2.59. The zero-order valence-electron chi connectivity index (χ0n) is 12.7. The largest absolute Gasteiger partial charge is 0.481 e. The maximum absolute atomic E-state index is 13.0. The number of hydrogen-bond acceptors (Lipinski definition) is 3. The first-order valence-corrected chi connectivity index (χ1v) is 7.20. The van der Waals surface area contributed by atoms with Crippen molar-refractivity contribution in [3.05, 3.63) is 35.6 Å². The van der Waals surface area contributed by atoms with Crippen LogP contribution in [0.4, 0.5) is 17.6 Å². The van der Waals surface area contributed by atoms with E-state index in [2.05, 4.69) is 5.32 Å². The van der Waals surface area contributed by atoms with Gasteiger partial charge in [-0.15, -0.1) is 0 Å². The van der Waals surface area contributed by atoms with Gasteiger partial charge in [0.15, 0.2) is 0 Å². The van der Waals surface area contributed by atoms with Gasteiger partial charge in [-0.05, 0) is 18.2 Å². The summed E-state index contributed by atoms with van der Waals surface area (Å²) in [5.41, 5.74) is -0.0502. The second kappa shape index (κ2) is 7.08. The van der Waals surface area contributed by atoms with Crippen molar-refractivity contribution in [1.29, 1.82) is 0 Å². The summed E-state index contributed by atoms with van der Waals surface area (Å²) in [4.78, 5) is 35.5. The predicted octanol–water partition coefficient (Wildman–Crippen LogP) is 1.28. The first-order chi connectivity index (χ1) is 11.6. The Morgan fingerprint density at radius 2 is 1.92 bits per heavy atom.